The van der Waals surface area contributed by atoms with Crippen LogP contribution in [0.3, 0.4) is 0 Å². The van der Waals surface area contributed by atoms with Crippen molar-refractivity contribution in [3.63, 3.8) is 0 Å². The number of nitrogens with one attached hydrogen (secondary N) is 2. The van der Waals surface area contributed by atoms with Gasteiger partial charge in [-0.3, -0.25) is 4.68 Å². The van der Waals surface area contributed by atoms with E-state index in [1.54, 1.807) is 0 Å². The maximum atomic E-state index is 4.90. The molecule has 0 bridgehead atoms. The Bertz CT molecular complexity index is 1270. The fourth-order valence-corrected chi connectivity index (χ4v) is 5.08. The summed E-state index contributed by atoms with van der Waals surface area (Å²) in [6.45, 7) is 6.17. The van der Waals surface area contributed by atoms with E-state index in [2.05, 4.69) is 55.3 Å². The molecule has 0 spiro atoms. The fourth-order valence-electron chi connectivity index (χ4n) is 5.08. The van der Waals surface area contributed by atoms with Gasteiger partial charge in [0.2, 0.25) is 5.95 Å². The lowest BCUT2D eigenvalue weighted by Gasteiger charge is -2.30. The minimum Gasteiger partial charge on any atom is -0.368 e. The molecule has 32 heavy (non-hydrogen) atoms. The number of aromatic nitrogens is 5. The third-order valence-corrected chi connectivity index (χ3v) is 6.76. The molecule has 164 valence electrons. The van der Waals surface area contributed by atoms with Gasteiger partial charge < -0.3 is 15.5 Å². The molecule has 1 aliphatic heterocycles. The largest absolute Gasteiger partial charge is 0.368 e. The Morgan fingerprint density at radius 2 is 1.81 bits per heavy atom. The van der Waals surface area contributed by atoms with Crippen LogP contribution in [0.4, 0.5) is 17.5 Å². The molecule has 1 aliphatic carbocycles. The smallest absolute Gasteiger partial charge is 0.228 e. The van der Waals surface area contributed by atoms with Crippen molar-refractivity contribution >= 4 is 39.3 Å². The first-order valence-electron chi connectivity index (χ1n) is 11.6. The number of hydrogen-bond acceptors (Lipinski definition) is 7. The van der Waals surface area contributed by atoms with Crippen molar-refractivity contribution in [3.05, 3.63) is 42.4 Å². The third kappa shape index (κ3) is 3.44. The highest BCUT2D eigenvalue weighted by molar-refractivity contribution is 6.03. The fraction of sp³-hybridized carbons (Fsp3) is 0.417. The molecule has 0 radical (unpaired) electrons. The SMILES string of the molecule is Cc1cc(Nc2ncc3ccc4cnn(C5CCCC5)c4c3n2)ncc1N1CCNCC1. The van der Waals surface area contributed by atoms with Crippen molar-refractivity contribution in [2.45, 2.75) is 38.6 Å². The van der Waals surface area contributed by atoms with Crippen LogP contribution >= 0.6 is 0 Å². The summed E-state index contributed by atoms with van der Waals surface area (Å²) in [5, 5.41) is 13.6. The van der Waals surface area contributed by atoms with Crippen LogP contribution in [0.5, 0.6) is 0 Å². The maximum absolute atomic E-state index is 4.90. The third-order valence-electron chi connectivity index (χ3n) is 6.76. The molecule has 3 aromatic heterocycles. The predicted molar refractivity (Wildman–Crippen MR) is 128 cm³/mol. The van der Waals surface area contributed by atoms with Crippen LogP contribution in [-0.2, 0) is 0 Å². The molecule has 1 saturated carbocycles. The molecule has 2 N–H and O–H groups in total. The summed E-state index contributed by atoms with van der Waals surface area (Å²) >= 11 is 0. The highest BCUT2D eigenvalue weighted by Crippen LogP contribution is 2.34. The first-order valence-corrected chi connectivity index (χ1v) is 11.6. The zero-order chi connectivity index (χ0) is 21.5. The van der Waals surface area contributed by atoms with Gasteiger partial charge in [0.25, 0.3) is 0 Å². The molecule has 4 aromatic rings. The first kappa shape index (κ1) is 19.4. The minimum absolute atomic E-state index is 0.464. The number of fused-ring (bicyclic) bond motifs is 3. The van der Waals surface area contributed by atoms with Gasteiger partial charge in [0.15, 0.2) is 0 Å². The number of nitrogens with zero attached hydrogens (tertiary/aromatic N) is 6. The van der Waals surface area contributed by atoms with E-state index in [1.807, 2.05) is 18.6 Å². The summed E-state index contributed by atoms with van der Waals surface area (Å²) in [7, 11) is 0. The van der Waals surface area contributed by atoms with E-state index in [9.17, 15) is 0 Å². The second kappa shape index (κ2) is 8.02. The predicted octanol–water partition coefficient (Wildman–Crippen LogP) is 3.95. The van der Waals surface area contributed by atoms with E-state index in [0.29, 0.717) is 12.0 Å². The number of anilines is 3. The highest BCUT2D eigenvalue weighted by atomic mass is 15.3. The highest BCUT2D eigenvalue weighted by Gasteiger charge is 2.21. The molecule has 2 fully saturated rings. The lowest BCUT2D eigenvalue weighted by molar-refractivity contribution is 0.482. The molecule has 0 atom stereocenters. The molecule has 6 rings (SSSR count). The van der Waals surface area contributed by atoms with Crippen molar-refractivity contribution < 1.29 is 0 Å². The zero-order valence-electron chi connectivity index (χ0n) is 18.4. The van der Waals surface area contributed by atoms with Crippen LogP contribution in [0.25, 0.3) is 21.8 Å². The van der Waals surface area contributed by atoms with Gasteiger partial charge in [-0.25, -0.2) is 15.0 Å². The molecule has 8 heteroatoms. The Hall–Kier alpha value is -3.26. The second-order valence-electron chi connectivity index (χ2n) is 8.88. The Morgan fingerprint density at radius 3 is 2.62 bits per heavy atom. The van der Waals surface area contributed by atoms with E-state index in [-0.39, 0.29) is 0 Å². The average molecular weight is 429 g/mol. The van der Waals surface area contributed by atoms with Gasteiger partial charge >= 0.3 is 0 Å². The van der Waals surface area contributed by atoms with Gasteiger partial charge in [-0.2, -0.15) is 5.10 Å². The van der Waals surface area contributed by atoms with Crippen molar-refractivity contribution in [3.8, 4) is 0 Å². The summed E-state index contributed by atoms with van der Waals surface area (Å²) in [5.74, 6) is 1.32. The van der Waals surface area contributed by atoms with Crippen LogP contribution in [0, 0.1) is 6.92 Å². The van der Waals surface area contributed by atoms with E-state index in [0.717, 1.165) is 53.8 Å². The standard InChI is InChI=1S/C24H28N8/c1-16-12-21(26-15-20(16)31-10-8-25-9-11-31)29-24-27-13-17-6-7-18-14-28-32(19-4-2-3-5-19)23(18)22(17)30-24/h6-7,12-15,19,25H,2-5,8-11H2,1H3,(H,26,27,29,30). The number of hydrogen-bond donors (Lipinski definition) is 2. The summed E-state index contributed by atoms with van der Waals surface area (Å²) in [6.07, 6.45) is 10.7. The Kier molecular flexibility index (Phi) is 4.87. The summed E-state index contributed by atoms with van der Waals surface area (Å²) < 4.78 is 2.19. The number of benzene rings is 1. The number of aryl methyl sites for hydroxylation is 1. The molecule has 0 unspecified atom stereocenters. The van der Waals surface area contributed by atoms with Crippen LogP contribution in [0.15, 0.2) is 36.8 Å². The van der Waals surface area contributed by atoms with Crippen molar-refractivity contribution in [1.82, 2.24) is 30.0 Å². The quantitative estimate of drug-likeness (QED) is 0.509. The topological polar surface area (TPSA) is 83.8 Å². The molecule has 8 nitrogen and oxygen atoms in total. The van der Waals surface area contributed by atoms with Gasteiger partial charge in [-0.15, -0.1) is 0 Å². The molecule has 0 amide bonds. The van der Waals surface area contributed by atoms with Crippen LogP contribution in [0.2, 0.25) is 0 Å². The molecular weight excluding hydrogens is 400 g/mol. The monoisotopic (exact) mass is 428 g/mol. The molecule has 2 aliphatic rings. The van der Waals surface area contributed by atoms with Gasteiger partial charge in [0.1, 0.15) is 11.3 Å². The van der Waals surface area contributed by atoms with Crippen LogP contribution < -0.4 is 15.5 Å². The van der Waals surface area contributed by atoms with E-state index in [4.69, 9.17) is 10.1 Å². The van der Waals surface area contributed by atoms with Crippen molar-refractivity contribution in [2.75, 3.05) is 36.4 Å². The van der Waals surface area contributed by atoms with Gasteiger partial charge in [-0.1, -0.05) is 25.0 Å². The minimum atomic E-state index is 0.464. The number of rotatable bonds is 4. The number of piperazine rings is 1. The summed E-state index contributed by atoms with van der Waals surface area (Å²) in [4.78, 5) is 16.5. The van der Waals surface area contributed by atoms with Crippen LogP contribution in [-0.4, -0.2) is 50.9 Å². The average Bonchev–Trinajstić information content (AvgIpc) is 3.50. The lowest BCUT2D eigenvalue weighted by atomic mass is 10.1. The van der Waals surface area contributed by atoms with E-state index >= 15 is 0 Å². The van der Waals surface area contributed by atoms with Gasteiger partial charge in [0.05, 0.1) is 29.6 Å². The Balaban J connectivity index is 1.34. The zero-order valence-corrected chi connectivity index (χ0v) is 18.4. The van der Waals surface area contributed by atoms with Gasteiger partial charge in [-0.05, 0) is 31.4 Å². The lowest BCUT2D eigenvalue weighted by Crippen LogP contribution is -2.43. The Morgan fingerprint density at radius 1 is 1.00 bits per heavy atom. The molecule has 4 heterocycles. The molecule has 1 saturated heterocycles. The second-order valence-corrected chi connectivity index (χ2v) is 8.88. The molecule has 1 aromatic carbocycles. The number of pyridine rings is 1. The van der Waals surface area contributed by atoms with E-state index < -0.39 is 0 Å². The molecular formula is C24H28N8. The maximum Gasteiger partial charge on any atom is 0.228 e. The Labute approximate surface area is 187 Å². The normalized spacial score (nSPS) is 17.5. The summed E-state index contributed by atoms with van der Waals surface area (Å²) in [5.41, 5.74) is 4.45. The van der Waals surface area contributed by atoms with E-state index in [1.165, 1.54) is 36.9 Å². The van der Waals surface area contributed by atoms with Crippen molar-refractivity contribution in [2.24, 2.45) is 0 Å². The summed E-state index contributed by atoms with van der Waals surface area (Å²) in [6, 6.07) is 6.74. The first-order chi connectivity index (χ1) is 15.8. The van der Waals surface area contributed by atoms with Crippen LogP contribution in [0.1, 0.15) is 37.3 Å². The van der Waals surface area contributed by atoms with Gasteiger partial charge in [0, 0.05) is 43.1 Å². The van der Waals surface area contributed by atoms with Crippen molar-refractivity contribution in [1.29, 1.82) is 0 Å².